The maximum absolute atomic E-state index is 11.7. The molecule has 0 aromatic carbocycles. The summed E-state index contributed by atoms with van der Waals surface area (Å²) >= 11 is 0. The van der Waals surface area contributed by atoms with E-state index in [1.54, 1.807) is 0 Å². The molecule has 1 saturated heterocycles. The van der Waals surface area contributed by atoms with Crippen LogP contribution >= 0.6 is 0 Å². The normalized spacial score (nSPS) is 19.9. The molecule has 1 fully saturated rings. The number of hydrogen-bond donors (Lipinski definition) is 2. The van der Waals surface area contributed by atoms with Crippen molar-refractivity contribution in [2.24, 2.45) is 0 Å². The monoisotopic (exact) mass is 258 g/mol. The number of carbonyl (C=O) groups is 3. The van der Waals surface area contributed by atoms with E-state index >= 15 is 0 Å². The fraction of sp³-hybridized carbons (Fsp3) is 0.727. The molecule has 0 aromatic heterocycles. The first-order chi connectivity index (χ1) is 8.29. The van der Waals surface area contributed by atoms with E-state index in [1.165, 1.54) is 4.90 Å². The average molecular weight is 258 g/mol. The predicted octanol–water partition coefficient (Wildman–Crippen LogP) is -1.10. The summed E-state index contributed by atoms with van der Waals surface area (Å²) in [6.07, 6.45) is 0.756. The topological polar surface area (TPSA) is 98.2 Å². The minimum atomic E-state index is -2.04. The van der Waals surface area contributed by atoms with Crippen molar-refractivity contribution in [3.8, 4) is 0 Å². The van der Waals surface area contributed by atoms with E-state index in [0.717, 1.165) is 18.2 Å². The van der Waals surface area contributed by atoms with Gasteiger partial charge in [0.1, 0.15) is 0 Å². The van der Waals surface area contributed by atoms with E-state index in [2.05, 4.69) is 0 Å². The number of hydrogen-bond acceptors (Lipinski definition) is 4. The Bertz CT molecular complexity index is 366. The van der Waals surface area contributed by atoms with Crippen LogP contribution in [0.2, 0.25) is 0 Å². The van der Waals surface area contributed by atoms with Crippen molar-refractivity contribution in [3.05, 3.63) is 0 Å². The maximum atomic E-state index is 11.7. The molecule has 7 nitrogen and oxygen atoms in total. The summed E-state index contributed by atoms with van der Waals surface area (Å²) in [5.41, 5.74) is -2.04. The fourth-order valence-electron chi connectivity index (χ4n) is 1.79. The number of rotatable bonds is 5. The molecule has 0 saturated carbocycles. The van der Waals surface area contributed by atoms with Gasteiger partial charge in [-0.25, -0.2) is 4.79 Å². The lowest BCUT2D eigenvalue weighted by Crippen LogP contribution is -2.58. The molecule has 0 aliphatic carbocycles. The summed E-state index contributed by atoms with van der Waals surface area (Å²) in [6, 6.07) is 0. The van der Waals surface area contributed by atoms with Gasteiger partial charge in [-0.15, -0.1) is 0 Å². The number of nitrogens with zero attached hydrogens (tertiary/aromatic N) is 2. The predicted molar refractivity (Wildman–Crippen MR) is 61.7 cm³/mol. The summed E-state index contributed by atoms with van der Waals surface area (Å²) in [7, 11) is 0. The van der Waals surface area contributed by atoms with Crippen LogP contribution in [0, 0.1) is 0 Å². The van der Waals surface area contributed by atoms with Crippen molar-refractivity contribution in [2.45, 2.75) is 25.9 Å². The Morgan fingerprint density at radius 2 is 1.78 bits per heavy atom. The average Bonchev–Trinajstić information content (AvgIpc) is 2.28. The molecule has 1 unspecified atom stereocenters. The highest BCUT2D eigenvalue weighted by Crippen LogP contribution is 2.12. The van der Waals surface area contributed by atoms with Crippen molar-refractivity contribution < 1.29 is 24.6 Å². The van der Waals surface area contributed by atoms with E-state index in [-0.39, 0.29) is 13.1 Å². The Balaban J connectivity index is 2.70. The molecular weight excluding hydrogens is 240 g/mol. The quantitative estimate of drug-likeness (QED) is 0.610. The van der Waals surface area contributed by atoms with Crippen LogP contribution in [0.5, 0.6) is 0 Å². The minimum absolute atomic E-state index is 0.244. The molecule has 0 spiro atoms. The molecule has 102 valence electrons. The zero-order valence-corrected chi connectivity index (χ0v) is 10.5. The molecule has 1 aliphatic rings. The second kappa shape index (κ2) is 5.34. The molecule has 0 radical (unpaired) electrons. The zero-order valence-electron chi connectivity index (χ0n) is 10.5. The summed E-state index contributed by atoms with van der Waals surface area (Å²) in [5, 5.41) is 18.4. The third-order valence-corrected chi connectivity index (χ3v) is 2.85. The van der Waals surface area contributed by atoms with Crippen molar-refractivity contribution >= 4 is 17.8 Å². The van der Waals surface area contributed by atoms with Gasteiger partial charge in [-0.2, -0.15) is 0 Å². The van der Waals surface area contributed by atoms with Crippen LogP contribution in [0.3, 0.4) is 0 Å². The van der Waals surface area contributed by atoms with Crippen molar-refractivity contribution in [2.75, 3.05) is 26.2 Å². The van der Waals surface area contributed by atoms with Crippen LogP contribution < -0.4 is 0 Å². The molecule has 1 rings (SSSR count). The number of carboxylic acid groups (broad SMARTS) is 1. The third-order valence-electron chi connectivity index (χ3n) is 2.85. The molecule has 0 aromatic rings. The van der Waals surface area contributed by atoms with E-state index in [0.29, 0.717) is 13.1 Å². The number of piperazine rings is 1. The van der Waals surface area contributed by atoms with Crippen LogP contribution in [0.15, 0.2) is 0 Å². The Kier molecular flexibility index (Phi) is 4.28. The van der Waals surface area contributed by atoms with Gasteiger partial charge in [0.15, 0.2) is 5.60 Å². The first-order valence-electron chi connectivity index (χ1n) is 5.83. The lowest BCUT2D eigenvalue weighted by atomic mass is 10.1. The Morgan fingerprint density at radius 3 is 2.28 bits per heavy atom. The lowest BCUT2D eigenvalue weighted by Gasteiger charge is -2.36. The largest absolute Gasteiger partial charge is 0.479 e. The fourth-order valence-corrected chi connectivity index (χ4v) is 1.79. The first-order valence-corrected chi connectivity index (χ1v) is 5.83. The van der Waals surface area contributed by atoms with Crippen LogP contribution in [-0.2, 0) is 14.4 Å². The van der Waals surface area contributed by atoms with Gasteiger partial charge in [0.2, 0.25) is 0 Å². The SMILES string of the molecule is CCCN1CCN(CC(C)(O)C(=O)O)C(=O)C1=O. The van der Waals surface area contributed by atoms with Gasteiger partial charge in [0.05, 0.1) is 6.54 Å². The number of aliphatic hydroxyl groups is 1. The Morgan fingerprint density at radius 1 is 1.28 bits per heavy atom. The van der Waals surface area contributed by atoms with Crippen molar-refractivity contribution in [3.63, 3.8) is 0 Å². The van der Waals surface area contributed by atoms with E-state index in [9.17, 15) is 19.5 Å². The standard InChI is InChI=1S/C11H18N2O5/c1-3-4-12-5-6-13(9(15)8(12)14)7-11(2,18)10(16)17/h18H,3-7H2,1-2H3,(H,16,17). The third kappa shape index (κ3) is 2.98. The molecule has 1 aliphatic heterocycles. The molecule has 18 heavy (non-hydrogen) atoms. The summed E-state index contributed by atoms with van der Waals surface area (Å²) in [4.78, 5) is 36.7. The highest BCUT2D eigenvalue weighted by atomic mass is 16.4. The van der Waals surface area contributed by atoms with Gasteiger partial charge in [0, 0.05) is 19.6 Å². The molecular formula is C11H18N2O5. The number of carbonyl (C=O) groups excluding carboxylic acids is 2. The Labute approximate surface area is 105 Å². The summed E-state index contributed by atoms with van der Waals surface area (Å²) < 4.78 is 0. The van der Waals surface area contributed by atoms with Gasteiger partial charge in [0.25, 0.3) is 0 Å². The zero-order chi connectivity index (χ0) is 13.9. The van der Waals surface area contributed by atoms with E-state index in [1.807, 2.05) is 6.92 Å². The number of carboxylic acids is 1. The van der Waals surface area contributed by atoms with Gasteiger partial charge in [-0.3, -0.25) is 9.59 Å². The second-order valence-electron chi connectivity index (χ2n) is 4.60. The summed E-state index contributed by atoms with van der Waals surface area (Å²) in [5.74, 6) is -2.81. The lowest BCUT2D eigenvalue weighted by molar-refractivity contribution is -0.165. The van der Waals surface area contributed by atoms with E-state index in [4.69, 9.17) is 5.11 Å². The van der Waals surface area contributed by atoms with E-state index < -0.39 is 23.4 Å². The number of β-amino-alcohol motifs (C(OH)–C–C–N with tert-alkyl or cyclic N) is 1. The first kappa shape index (κ1) is 14.4. The molecule has 2 amide bonds. The number of amides is 2. The number of aliphatic carboxylic acids is 1. The molecule has 7 heteroatoms. The highest BCUT2D eigenvalue weighted by molar-refractivity contribution is 6.35. The van der Waals surface area contributed by atoms with Crippen LogP contribution in [0.1, 0.15) is 20.3 Å². The van der Waals surface area contributed by atoms with Gasteiger partial charge in [-0.05, 0) is 13.3 Å². The van der Waals surface area contributed by atoms with Crippen molar-refractivity contribution in [1.29, 1.82) is 0 Å². The minimum Gasteiger partial charge on any atom is -0.479 e. The molecule has 1 atom stereocenters. The van der Waals surface area contributed by atoms with Gasteiger partial charge in [-0.1, -0.05) is 6.92 Å². The second-order valence-corrected chi connectivity index (χ2v) is 4.60. The summed E-state index contributed by atoms with van der Waals surface area (Å²) in [6.45, 7) is 3.74. The van der Waals surface area contributed by atoms with Crippen LogP contribution in [0.25, 0.3) is 0 Å². The van der Waals surface area contributed by atoms with Crippen molar-refractivity contribution in [1.82, 2.24) is 9.80 Å². The smallest absolute Gasteiger partial charge is 0.337 e. The van der Waals surface area contributed by atoms with Gasteiger partial charge < -0.3 is 20.0 Å². The molecule has 2 N–H and O–H groups in total. The molecule has 1 heterocycles. The Hall–Kier alpha value is -1.63. The van der Waals surface area contributed by atoms with Crippen LogP contribution in [0.4, 0.5) is 0 Å². The van der Waals surface area contributed by atoms with Crippen LogP contribution in [-0.4, -0.2) is 69.6 Å². The van der Waals surface area contributed by atoms with Gasteiger partial charge >= 0.3 is 17.8 Å². The maximum Gasteiger partial charge on any atom is 0.337 e. The molecule has 0 bridgehead atoms. The highest BCUT2D eigenvalue weighted by Gasteiger charge is 2.39.